The van der Waals surface area contributed by atoms with Crippen molar-refractivity contribution in [2.75, 3.05) is 13.1 Å². The van der Waals surface area contributed by atoms with Gasteiger partial charge in [0.25, 0.3) is 0 Å². The van der Waals surface area contributed by atoms with Crippen molar-refractivity contribution in [2.45, 2.75) is 40.5 Å². The maximum atomic E-state index is 12.8. The molecule has 1 heterocycles. The summed E-state index contributed by atoms with van der Waals surface area (Å²) >= 11 is 0. The second kappa shape index (κ2) is 5.39. The van der Waals surface area contributed by atoms with Crippen LogP contribution in [0.1, 0.15) is 48.2 Å². The average Bonchev–Trinajstić information content (AvgIpc) is 2.37. The summed E-state index contributed by atoms with van der Waals surface area (Å²) in [4.78, 5) is 26.0. The molecule has 0 radical (unpaired) electrons. The van der Waals surface area contributed by atoms with Crippen LogP contribution in [0.2, 0.25) is 0 Å². The van der Waals surface area contributed by atoms with Gasteiger partial charge in [0.1, 0.15) is 0 Å². The number of likely N-dealkylation sites (tertiary alicyclic amines) is 1. The minimum absolute atomic E-state index is 0.103. The summed E-state index contributed by atoms with van der Waals surface area (Å²) in [6.07, 6.45) is 1.50. The van der Waals surface area contributed by atoms with Gasteiger partial charge in [0, 0.05) is 31.0 Å². The predicted molar refractivity (Wildman–Crippen MR) is 79.8 cm³/mol. The van der Waals surface area contributed by atoms with Gasteiger partial charge in [-0.1, -0.05) is 24.1 Å². The van der Waals surface area contributed by atoms with Crippen molar-refractivity contribution in [1.82, 2.24) is 4.90 Å². The summed E-state index contributed by atoms with van der Waals surface area (Å²) in [6.45, 7) is 9.03. The normalized spacial score (nSPS) is 17.9. The van der Waals surface area contributed by atoms with Crippen molar-refractivity contribution in [3.05, 3.63) is 34.9 Å². The van der Waals surface area contributed by atoms with Crippen molar-refractivity contribution < 1.29 is 9.59 Å². The monoisotopic (exact) mass is 273 g/mol. The number of carbonyl (C=O) groups excluding carboxylic acids is 2. The van der Waals surface area contributed by atoms with E-state index in [1.807, 2.05) is 37.8 Å². The highest BCUT2D eigenvalue weighted by Gasteiger charge is 2.37. The molecule has 0 bridgehead atoms. The zero-order valence-corrected chi connectivity index (χ0v) is 12.8. The highest BCUT2D eigenvalue weighted by Crippen LogP contribution is 2.35. The highest BCUT2D eigenvalue weighted by atomic mass is 16.2. The van der Waals surface area contributed by atoms with E-state index < -0.39 is 0 Å². The lowest BCUT2D eigenvalue weighted by Gasteiger charge is -2.38. The van der Waals surface area contributed by atoms with E-state index in [-0.39, 0.29) is 17.1 Å². The fourth-order valence-electron chi connectivity index (χ4n) is 3.00. The van der Waals surface area contributed by atoms with Crippen LogP contribution in [0, 0.1) is 19.3 Å². The molecule has 0 N–H and O–H groups in total. The Kier molecular flexibility index (Phi) is 3.98. The predicted octanol–water partition coefficient (Wildman–Crippen LogP) is 3.13. The Morgan fingerprint density at radius 2 is 1.55 bits per heavy atom. The molecule has 0 atom stereocenters. The third-order valence-corrected chi connectivity index (χ3v) is 4.34. The van der Waals surface area contributed by atoms with Gasteiger partial charge in [0.15, 0.2) is 5.78 Å². The lowest BCUT2D eigenvalue weighted by Crippen LogP contribution is -2.44. The molecule has 0 unspecified atom stereocenters. The summed E-state index contributed by atoms with van der Waals surface area (Å²) in [7, 11) is 0. The Bertz CT molecular complexity index is 520. The van der Waals surface area contributed by atoms with E-state index in [0.717, 1.165) is 29.5 Å². The van der Waals surface area contributed by atoms with Gasteiger partial charge in [-0.2, -0.15) is 0 Å². The number of carbonyl (C=O) groups is 2. The van der Waals surface area contributed by atoms with Crippen LogP contribution >= 0.6 is 0 Å². The summed E-state index contributed by atoms with van der Waals surface area (Å²) < 4.78 is 0. The smallest absolute Gasteiger partial charge is 0.219 e. The zero-order chi connectivity index (χ0) is 14.9. The van der Waals surface area contributed by atoms with Gasteiger partial charge >= 0.3 is 0 Å². The Hall–Kier alpha value is -1.64. The van der Waals surface area contributed by atoms with Crippen LogP contribution in [-0.4, -0.2) is 29.7 Å². The molecule has 0 saturated carbocycles. The molecule has 1 fully saturated rings. The quantitative estimate of drug-likeness (QED) is 0.776. The van der Waals surface area contributed by atoms with Crippen molar-refractivity contribution >= 4 is 11.7 Å². The van der Waals surface area contributed by atoms with E-state index in [2.05, 4.69) is 6.07 Å². The van der Waals surface area contributed by atoms with Gasteiger partial charge in [-0.15, -0.1) is 0 Å². The molecule has 2 rings (SSSR count). The first-order valence-corrected chi connectivity index (χ1v) is 7.20. The lowest BCUT2D eigenvalue weighted by molar-refractivity contribution is -0.130. The van der Waals surface area contributed by atoms with Gasteiger partial charge < -0.3 is 4.90 Å². The fraction of sp³-hybridized carbons (Fsp3) is 0.529. The molecule has 3 nitrogen and oxygen atoms in total. The number of amides is 1. The molecule has 108 valence electrons. The van der Waals surface area contributed by atoms with E-state index in [1.54, 1.807) is 6.92 Å². The molecule has 0 spiro atoms. The van der Waals surface area contributed by atoms with Gasteiger partial charge in [-0.05, 0) is 38.8 Å². The largest absolute Gasteiger partial charge is 0.343 e. The van der Waals surface area contributed by atoms with Crippen LogP contribution < -0.4 is 0 Å². The first-order valence-electron chi connectivity index (χ1n) is 7.20. The van der Waals surface area contributed by atoms with Gasteiger partial charge in [-0.25, -0.2) is 0 Å². The Labute approximate surface area is 121 Å². The molecule has 0 aliphatic carbocycles. The maximum Gasteiger partial charge on any atom is 0.219 e. The number of piperidine rings is 1. The van der Waals surface area contributed by atoms with Crippen molar-refractivity contribution in [2.24, 2.45) is 5.41 Å². The van der Waals surface area contributed by atoms with E-state index in [0.29, 0.717) is 13.1 Å². The van der Waals surface area contributed by atoms with Gasteiger partial charge in [0.05, 0.1) is 0 Å². The molecule has 1 saturated heterocycles. The number of rotatable bonds is 2. The van der Waals surface area contributed by atoms with E-state index in [4.69, 9.17) is 0 Å². The fourth-order valence-corrected chi connectivity index (χ4v) is 3.00. The highest BCUT2D eigenvalue weighted by molar-refractivity contribution is 6.00. The minimum Gasteiger partial charge on any atom is -0.343 e. The molecule has 0 aromatic heterocycles. The zero-order valence-electron chi connectivity index (χ0n) is 12.8. The summed E-state index contributed by atoms with van der Waals surface area (Å²) in [5.74, 6) is 0.318. The van der Waals surface area contributed by atoms with Crippen LogP contribution in [-0.2, 0) is 4.79 Å². The van der Waals surface area contributed by atoms with Crippen LogP contribution in [0.3, 0.4) is 0 Å². The molecule has 1 aromatic rings. The van der Waals surface area contributed by atoms with Crippen LogP contribution in [0.5, 0.6) is 0 Å². The van der Waals surface area contributed by atoms with Crippen LogP contribution in [0.15, 0.2) is 18.2 Å². The number of hydrogen-bond acceptors (Lipinski definition) is 2. The third-order valence-electron chi connectivity index (χ3n) is 4.34. The third kappa shape index (κ3) is 2.92. The molecule has 1 aliphatic heterocycles. The van der Waals surface area contributed by atoms with Gasteiger partial charge in [0.2, 0.25) is 5.91 Å². The van der Waals surface area contributed by atoms with Gasteiger partial charge in [-0.3, -0.25) is 9.59 Å². The van der Waals surface area contributed by atoms with Crippen molar-refractivity contribution in [3.63, 3.8) is 0 Å². The Balaban J connectivity index is 2.18. The number of hydrogen-bond donors (Lipinski definition) is 0. The molecule has 1 amide bonds. The Morgan fingerprint density at radius 1 is 1.05 bits per heavy atom. The standard InChI is InChI=1S/C17H23NO2/c1-12-9-13(2)11-15(10-12)16(20)17(4)5-7-18(8-6-17)14(3)19/h9-11H,5-8H2,1-4H3. The first kappa shape index (κ1) is 14.8. The number of benzene rings is 1. The topological polar surface area (TPSA) is 37.4 Å². The minimum atomic E-state index is -0.341. The average molecular weight is 273 g/mol. The summed E-state index contributed by atoms with van der Waals surface area (Å²) in [5, 5.41) is 0. The van der Waals surface area contributed by atoms with Crippen LogP contribution in [0.4, 0.5) is 0 Å². The molecule has 3 heteroatoms. The second-order valence-electron chi connectivity index (χ2n) is 6.27. The molecule has 20 heavy (non-hydrogen) atoms. The van der Waals surface area contributed by atoms with Crippen molar-refractivity contribution in [1.29, 1.82) is 0 Å². The number of ketones is 1. The Morgan fingerprint density at radius 3 is 2.00 bits per heavy atom. The van der Waals surface area contributed by atoms with Crippen LogP contribution in [0.25, 0.3) is 0 Å². The molecule has 1 aliphatic rings. The van der Waals surface area contributed by atoms with E-state index >= 15 is 0 Å². The number of aryl methyl sites for hydroxylation is 2. The number of nitrogens with zero attached hydrogens (tertiary/aromatic N) is 1. The SMILES string of the molecule is CC(=O)N1CCC(C)(C(=O)c2cc(C)cc(C)c2)CC1. The maximum absolute atomic E-state index is 12.8. The summed E-state index contributed by atoms with van der Waals surface area (Å²) in [6, 6.07) is 6.02. The molecular weight excluding hydrogens is 250 g/mol. The number of Topliss-reactive ketones (excluding diaryl/α,β-unsaturated/α-hetero) is 1. The second-order valence-corrected chi connectivity index (χ2v) is 6.27. The van der Waals surface area contributed by atoms with E-state index in [9.17, 15) is 9.59 Å². The lowest BCUT2D eigenvalue weighted by atomic mass is 9.74. The molecular formula is C17H23NO2. The molecule has 1 aromatic carbocycles. The van der Waals surface area contributed by atoms with E-state index in [1.165, 1.54) is 0 Å². The van der Waals surface area contributed by atoms with Crippen molar-refractivity contribution in [3.8, 4) is 0 Å². The summed E-state index contributed by atoms with van der Waals surface area (Å²) in [5.41, 5.74) is 2.71. The first-order chi connectivity index (χ1) is 9.32.